The maximum atomic E-state index is 6.39. The van der Waals surface area contributed by atoms with E-state index in [1.54, 1.807) is 0 Å². The molecular weight excluding hydrogens is 294 g/mol. The van der Waals surface area contributed by atoms with Gasteiger partial charge in [-0.05, 0) is 37.5 Å². The van der Waals surface area contributed by atoms with Gasteiger partial charge in [-0.2, -0.15) is 0 Å². The Balaban J connectivity index is 2.11. The Morgan fingerprint density at radius 1 is 0.875 bits per heavy atom. The molecule has 0 fully saturated rings. The van der Waals surface area contributed by atoms with Gasteiger partial charge in [-0.25, -0.2) is 0 Å². The minimum Gasteiger partial charge on any atom is -0.482 e. The first kappa shape index (κ1) is 13.7. The summed E-state index contributed by atoms with van der Waals surface area (Å²) in [4.78, 5) is 0. The first-order chi connectivity index (χ1) is 11.6. The number of rotatable bonds is 0. The van der Waals surface area contributed by atoms with Crippen molar-refractivity contribution in [2.45, 2.75) is 19.4 Å². The second-order valence-corrected chi connectivity index (χ2v) is 7.13. The Morgan fingerprint density at radius 3 is 2.33 bits per heavy atom. The molecule has 118 valence electrons. The largest absolute Gasteiger partial charge is 0.482 e. The van der Waals surface area contributed by atoms with E-state index in [4.69, 9.17) is 4.74 Å². The van der Waals surface area contributed by atoms with Gasteiger partial charge in [-0.3, -0.25) is 0 Å². The summed E-state index contributed by atoms with van der Waals surface area (Å²) in [5, 5.41) is 5.06. The number of aromatic nitrogens is 1. The van der Waals surface area contributed by atoms with Gasteiger partial charge < -0.3 is 9.30 Å². The highest BCUT2D eigenvalue weighted by Gasteiger charge is 2.27. The molecule has 0 amide bonds. The predicted molar refractivity (Wildman–Crippen MR) is 102 cm³/mol. The minimum atomic E-state index is -0.284. The Bertz CT molecular complexity index is 1160. The highest BCUT2D eigenvalue weighted by Crippen LogP contribution is 2.45. The Hall–Kier alpha value is -2.74. The molecule has 2 heteroatoms. The van der Waals surface area contributed by atoms with Crippen molar-refractivity contribution in [2.75, 3.05) is 0 Å². The first-order valence-electron chi connectivity index (χ1n) is 8.37. The maximum Gasteiger partial charge on any atom is 0.137 e. The normalized spacial score (nSPS) is 15.8. The standard InChI is InChI=1S/C22H19NO/c1-22(2)13-12-17-20-19(16-10-6-7-11-18(16)23(20)3)14-8-4-5-9-15(14)21(17)24-22/h4-13H,1-3H3. The van der Waals surface area contributed by atoms with Crippen LogP contribution in [0.4, 0.5) is 0 Å². The lowest BCUT2D eigenvalue weighted by atomic mass is 9.94. The molecule has 0 aliphatic carbocycles. The van der Waals surface area contributed by atoms with Crippen molar-refractivity contribution in [2.24, 2.45) is 7.05 Å². The smallest absolute Gasteiger partial charge is 0.137 e. The van der Waals surface area contributed by atoms with E-state index in [0.29, 0.717) is 0 Å². The molecule has 0 spiro atoms. The number of benzene rings is 3. The van der Waals surface area contributed by atoms with Gasteiger partial charge in [-0.15, -0.1) is 0 Å². The Labute approximate surface area is 141 Å². The van der Waals surface area contributed by atoms with Crippen LogP contribution in [0.15, 0.2) is 54.6 Å². The number of fused-ring (bicyclic) bond motifs is 8. The molecule has 1 aliphatic rings. The van der Waals surface area contributed by atoms with Crippen LogP contribution in [-0.2, 0) is 7.05 Å². The van der Waals surface area contributed by atoms with Gasteiger partial charge in [0.05, 0.1) is 5.52 Å². The van der Waals surface area contributed by atoms with Crippen molar-refractivity contribution in [1.29, 1.82) is 0 Å². The van der Waals surface area contributed by atoms with Crippen LogP contribution in [0.25, 0.3) is 38.7 Å². The zero-order valence-electron chi connectivity index (χ0n) is 14.1. The van der Waals surface area contributed by atoms with Crippen molar-refractivity contribution in [3.05, 3.63) is 60.2 Å². The molecule has 4 aromatic rings. The number of hydrogen-bond acceptors (Lipinski definition) is 1. The molecule has 0 atom stereocenters. The fourth-order valence-electron chi connectivity index (χ4n) is 3.98. The Kier molecular flexibility index (Phi) is 2.52. The number of para-hydroxylation sites is 1. The van der Waals surface area contributed by atoms with Gasteiger partial charge in [0.1, 0.15) is 11.4 Å². The van der Waals surface area contributed by atoms with Crippen molar-refractivity contribution < 1.29 is 4.74 Å². The van der Waals surface area contributed by atoms with Crippen molar-refractivity contribution in [3.8, 4) is 5.75 Å². The molecule has 0 bridgehead atoms. The summed E-state index contributed by atoms with van der Waals surface area (Å²) < 4.78 is 8.69. The lowest BCUT2D eigenvalue weighted by Crippen LogP contribution is -2.27. The van der Waals surface area contributed by atoms with Crippen LogP contribution >= 0.6 is 0 Å². The molecule has 0 saturated carbocycles. The van der Waals surface area contributed by atoms with Crippen LogP contribution in [-0.4, -0.2) is 10.2 Å². The summed E-state index contributed by atoms with van der Waals surface area (Å²) in [6.07, 6.45) is 4.38. The van der Waals surface area contributed by atoms with Crippen molar-refractivity contribution in [3.63, 3.8) is 0 Å². The van der Waals surface area contributed by atoms with Crippen molar-refractivity contribution >= 4 is 38.7 Å². The second kappa shape index (κ2) is 4.41. The van der Waals surface area contributed by atoms with E-state index in [1.165, 1.54) is 38.1 Å². The van der Waals surface area contributed by atoms with Crippen LogP contribution in [0.3, 0.4) is 0 Å². The number of nitrogens with zero attached hydrogens (tertiary/aromatic N) is 1. The lowest BCUT2D eigenvalue weighted by Gasteiger charge is -2.29. The van der Waals surface area contributed by atoms with E-state index in [1.807, 2.05) is 0 Å². The first-order valence-corrected chi connectivity index (χ1v) is 8.37. The molecule has 1 aromatic heterocycles. The summed E-state index contributed by atoms with van der Waals surface area (Å²) in [5.74, 6) is 0.997. The van der Waals surface area contributed by atoms with Crippen LogP contribution < -0.4 is 4.74 Å². The number of hydrogen-bond donors (Lipinski definition) is 0. The number of aryl methyl sites for hydroxylation is 1. The summed E-state index contributed by atoms with van der Waals surface area (Å²) in [5.41, 5.74) is 3.40. The van der Waals surface area contributed by atoms with Gasteiger partial charge in [0, 0.05) is 34.3 Å². The van der Waals surface area contributed by atoms with Crippen LogP contribution in [0, 0.1) is 0 Å². The quantitative estimate of drug-likeness (QED) is 0.408. The second-order valence-electron chi connectivity index (χ2n) is 7.13. The summed E-state index contributed by atoms with van der Waals surface area (Å²) in [7, 11) is 2.15. The molecule has 0 N–H and O–H groups in total. The minimum absolute atomic E-state index is 0.284. The van der Waals surface area contributed by atoms with Gasteiger partial charge in [0.25, 0.3) is 0 Å². The van der Waals surface area contributed by atoms with Crippen LogP contribution in [0.5, 0.6) is 5.75 Å². The zero-order valence-corrected chi connectivity index (χ0v) is 14.1. The highest BCUT2D eigenvalue weighted by atomic mass is 16.5. The van der Waals surface area contributed by atoms with Gasteiger partial charge in [0.2, 0.25) is 0 Å². The lowest BCUT2D eigenvalue weighted by molar-refractivity contribution is 0.162. The third-order valence-corrected chi connectivity index (χ3v) is 5.06. The fourth-order valence-corrected chi connectivity index (χ4v) is 3.98. The van der Waals surface area contributed by atoms with E-state index < -0.39 is 0 Å². The van der Waals surface area contributed by atoms with E-state index in [9.17, 15) is 0 Å². The summed E-state index contributed by atoms with van der Waals surface area (Å²) in [6, 6.07) is 17.2. The summed E-state index contributed by atoms with van der Waals surface area (Å²) >= 11 is 0. The molecule has 2 heterocycles. The van der Waals surface area contributed by atoms with Crippen LogP contribution in [0.1, 0.15) is 19.4 Å². The van der Waals surface area contributed by atoms with Crippen molar-refractivity contribution in [1.82, 2.24) is 4.57 Å². The van der Waals surface area contributed by atoms with Gasteiger partial charge >= 0.3 is 0 Å². The average molecular weight is 313 g/mol. The third-order valence-electron chi connectivity index (χ3n) is 5.06. The van der Waals surface area contributed by atoms with E-state index in [0.717, 1.165) is 5.75 Å². The van der Waals surface area contributed by atoms with E-state index >= 15 is 0 Å². The molecular formula is C22H19NO. The molecule has 1 aliphatic heterocycles. The fraction of sp³-hybridized carbons (Fsp3) is 0.182. The molecule has 3 aromatic carbocycles. The molecule has 2 nitrogen and oxygen atoms in total. The number of ether oxygens (including phenoxy) is 1. The molecule has 24 heavy (non-hydrogen) atoms. The Morgan fingerprint density at radius 2 is 1.54 bits per heavy atom. The van der Waals surface area contributed by atoms with E-state index in [2.05, 4.69) is 86.1 Å². The summed E-state index contributed by atoms with van der Waals surface area (Å²) in [6.45, 7) is 4.21. The zero-order chi connectivity index (χ0) is 16.5. The molecule has 5 rings (SSSR count). The third kappa shape index (κ3) is 1.66. The van der Waals surface area contributed by atoms with Gasteiger partial charge in [-0.1, -0.05) is 42.5 Å². The average Bonchev–Trinajstić information content (AvgIpc) is 2.88. The van der Waals surface area contributed by atoms with E-state index in [-0.39, 0.29) is 5.60 Å². The predicted octanol–water partition coefficient (Wildman–Crippen LogP) is 5.67. The topological polar surface area (TPSA) is 14.2 Å². The molecule has 0 unspecified atom stereocenters. The maximum absolute atomic E-state index is 6.39. The monoisotopic (exact) mass is 313 g/mol. The molecule has 0 saturated heterocycles. The molecule has 0 radical (unpaired) electrons. The highest BCUT2D eigenvalue weighted by molar-refractivity contribution is 6.24. The van der Waals surface area contributed by atoms with Crippen LogP contribution in [0.2, 0.25) is 0 Å². The van der Waals surface area contributed by atoms with Gasteiger partial charge in [0.15, 0.2) is 0 Å². The SMILES string of the molecule is Cn1c2ccccc2c2c3ccccc3c3c(c21)C=CC(C)(C)O3.